The first-order valence-electron chi connectivity index (χ1n) is 9.28. The van der Waals surface area contributed by atoms with E-state index in [0.717, 1.165) is 44.9 Å². The van der Waals surface area contributed by atoms with Crippen LogP contribution in [-0.4, -0.2) is 22.2 Å². The van der Waals surface area contributed by atoms with Crippen molar-refractivity contribution in [2.24, 2.45) is 0 Å². The van der Waals surface area contributed by atoms with E-state index in [4.69, 9.17) is 10.2 Å². The van der Waals surface area contributed by atoms with Crippen molar-refractivity contribution in [2.75, 3.05) is 0 Å². The average Bonchev–Trinajstić information content (AvgIpc) is 2.53. The molecule has 140 valence electrons. The van der Waals surface area contributed by atoms with Crippen LogP contribution in [0, 0.1) is 0 Å². The molecule has 4 nitrogen and oxygen atoms in total. The van der Waals surface area contributed by atoms with Gasteiger partial charge in [0.2, 0.25) is 0 Å². The Labute approximate surface area is 147 Å². The molecule has 4 heteroatoms. The van der Waals surface area contributed by atoms with Crippen molar-refractivity contribution in [3.63, 3.8) is 0 Å². The van der Waals surface area contributed by atoms with E-state index in [0.29, 0.717) is 6.42 Å². The van der Waals surface area contributed by atoms with Gasteiger partial charge in [-0.25, -0.2) is 0 Å². The summed E-state index contributed by atoms with van der Waals surface area (Å²) >= 11 is 0. The van der Waals surface area contributed by atoms with Gasteiger partial charge in [0.25, 0.3) is 0 Å². The Balaban J connectivity index is 0. The Kier molecular flexibility index (Phi) is 22.0. The molecule has 0 aromatic carbocycles. The highest BCUT2D eigenvalue weighted by Crippen LogP contribution is 2.01. The van der Waals surface area contributed by atoms with Crippen molar-refractivity contribution in [3.05, 3.63) is 24.3 Å². The molecular weight excluding hydrogens is 304 g/mol. The van der Waals surface area contributed by atoms with Crippen molar-refractivity contribution in [1.29, 1.82) is 0 Å². The molecule has 0 aliphatic rings. The van der Waals surface area contributed by atoms with Gasteiger partial charge in [0.1, 0.15) is 0 Å². The highest BCUT2D eigenvalue weighted by molar-refractivity contribution is 5.66. The molecule has 0 saturated heterocycles. The minimum Gasteiger partial charge on any atom is -0.481 e. The third-order valence-corrected chi connectivity index (χ3v) is 3.29. The van der Waals surface area contributed by atoms with Crippen LogP contribution in [0.3, 0.4) is 0 Å². The van der Waals surface area contributed by atoms with E-state index in [-0.39, 0.29) is 6.42 Å². The van der Waals surface area contributed by atoms with Gasteiger partial charge in [-0.3, -0.25) is 9.59 Å². The number of aliphatic carboxylic acids is 2. The second kappa shape index (κ2) is 21.4. The zero-order valence-corrected chi connectivity index (χ0v) is 15.5. The van der Waals surface area contributed by atoms with Crippen LogP contribution in [0.5, 0.6) is 0 Å². The third-order valence-electron chi connectivity index (χ3n) is 3.29. The molecule has 0 bridgehead atoms. The average molecular weight is 341 g/mol. The van der Waals surface area contributed by atoms with Crippen LogP contribution in [0.15, 0.2) is 24.3 Å². The molecule has 0 fully saturated rings. The predicted octanol–water partition coefficient (Wildman–Crippen LogP) is 5.98. The molecule has 0 saturated carbocycles. The predicted molar refractivity (Wildman–Crippen MR) is 100 cm³/mol. The number of carboxylic acids is 2. The molecule has 0 spiro atoms. The number of carboxylic acid groups (broad SMARTS) is 2. The van der Waals surface area contributed by atoms with Gasteiger partial charge in [0, 0.05) is 12.8 Å². The molecule has 0 aliphatic carbocycles. The van der Waals surface area contributed by atoms with E-state index in [1.54, 1.807) is 0 Å². The molecule has 0 radical (unpaired) electrons. The van der Waals surface area contributed by atoms with Crippen LogP contribution in [0.2, 0.25) is 0 Å². The normalized spacial score (nSPS) is 10.8. The van der Waals surface area contributed by atoms with Crippen LogP contribution in [0.4, 0.5) is 0 Å². The minimum atomic E-state index is -0.697. The van der Waals surface area contributed by atoms with Gasteiger partial charge in [-0.1, -0.05) is 57.4 Å². The summed E-state index contributed by atoms with van der Waals surface area (Å²) in [6, 6.07) is 0. The Morgan fingerprint density at radius 2 is 1.08 bits per heavy atom. The number of carbonyl (C=O) groups is 2. The van der Waals surface area contributed by atoms with Crippen molar-refractivity contribution >= 4 is 11.9 Å². The summed E-state index contributed by atoms with van der Waals surface area (Å²) in [4.78, 5) is 20.2. The molecule has 0 amide bonds. The fourth-order valence-electron chi connectivity index (χ4n) is 1.87. The summed E-state index contributed by atoms with van der Waals surface area (Å²) < 4.78 is 0. The van der Waals surface area contributed by atoms with E-state index >= 15 is 0 Å². The molecule has 0 heterocycles. The number of unbranched alkanes of at least 4 members (excludes halogenated alkanes) is 6. The smallest absolute Gasteiger partial charge is 0.303 e. The molecule has 0 atom stereocenters. The molecule has 2 N–H and O–H groups in total. The van der Waals surface area contributed by atoms with E-state index < -0.39 is 11.9 Å². The fourth-order valence-corrected chi connectivity index (χ4v) is 1.87. The highest BCUT2D eigenvalue weighted by Gasteiger charge is 1.94. The first kappa shape index (κ1) is 24.7. The van der Waals surface area contributed by atoms with E-state index in [1.807, 2.05) is 0 Å². The number of hydrogen-bond donors (Lipinski definition) is 2. The lowest BCUT2D eigenvalue weighted by atomic mass is 10.2. The summed E-state index contributed by atoms with van der Waals surface area (Å²) in [7, 11) is 0. The van der Waals surface area contributed by atoms with Gasteiger partial charge in [0.15, 0.2) is 0 Å². The Hall–Kier alpha value is -1.58. The lowest BCUT2D eigenvalue weighted by Crippen LogP contribution is -1.92. The van der Waals surface area contributed by atoms with Crippen molar-refractivity contribution in [3.8, 4) is 0 Å². The minimum absolute atomic E-state index is 0.290. The van der Waals surface area contributed by atoms with E-state index in [2.05, 4.69) is 38.2 Å². The SMILES string of the molecule is CCC/C=C/CCCCC(=O)O.CCCC/C=C/CCCC(=O)O. The van der Waals surface area contributed by atoms with Crippen LogP contribution in [0.1, 0.15) is 90.9 Å². The number of rotatable bonds is 14. The Morgan fingerprint density at radius 3 is 1.58 bits per heavy atom. The highest BCUT2D eigenvalue weighted by atomic mass is 16.4. The lowest BCUT2D eigenvalue weighted by Gasteiger charge is -1.92. The number of hydrogen-bond acceptors (Lipinski definition) is 2. The molecule has 0 rings (SSSR count). The summed E-state index contributed by atoms with van der Waals surface area (Å²) in [5, 5.41) is 16.7. The first-order valence-corrected chi connectivity index (χ1v) is 9.28. The molecular formula is C20H36O4. The fraction of sp³-hybridized carbons (Fsp3) is 0.700. The van der Waals surface area contributed by atoms with Crippen LogP contribution < -0.4 is 0 Å². The van der Waals surface area contributed by atoms with Crippen LogP contribution >= 0.6 is 0 Å². The van der Waals surface area contributed by atoms with Crippen LogP contribution in [-0.2, 0) is 9.59 Å². The Bertz CT molecular complexity index is 346. The second-order valence-electron chi connectivity index (χ2n) is 5.80. The second-order valence-corrected chi connectivity index (χ2v) is 5.80. The van der Waals surface area contributed by atoms with E-state index in [1.165, 1.54) is 19.3 Å². The van der Waals surface area contributed by atoms with E-state index in [9.17, 15) is 9.59 Å². The van der Waals surface area contributed by atoms with Gasteiger partial charge in [-0.05, 0) is 44.9 Å². The standard InChI is InChI=1S/2C10H18O2/c2*1-2-3-4-5-6-7-8-9-10(11)12/h5-6H,2-4,7-9H2,1H3,(H,11,12);4-5H,2-3,6-9H2,1H3,(H,11,12)/b6-5+;5-4+. The summed E-state index contributed by atoms with van der Waals surface area (Å²) in [5.41, 5.74) is 0. The molecule has 0 aromatic rings. The Morgan fingerprint density at radius 1 is 0.625 bits per heavy atom. The van der Waals surface area contributed by atoms with Crippen molar-refractivity contribution in [1.82, 2.24) is 0 Å². The maximum atomic E-state index is 10.1. The summed E-state index contributed by atoms with van der Waals surface area (Å²) in [6.07, 6.45) is 19.5. The van der Waals surface area contributed by atoms with Gasteiger partial charge < -0.3 is 10.2 Å². The van der Waals surface area contributed by atoms with Crippen LogP contribution in [0.25, 0.3) is 0 Å². The number of allylic oxidation sites excluding steroid dienone is 4. The third kappa shape index (κ3) is 28.6. The maximum Gasteiger partial charge on any atom is 0.303 e. The first-order chi connectivity index (χ1) is 11.5. The molecule has 0 unspecified atom stereocenters. The maximum absolute atomic E-state index is 10.1. The molecule has 0 aromatic heterocycles. The molecule has 0 aliphatic heterocycles. The summed E-state index contributed by atoms with van der Waals surface area (Å²) in [5.74, 6) is -1.38. The quantitative estimate of drug-likeness (QED) is 0.301. The largest absolute Gasteiger partial charge is 0.481 e. The van der Waals surface area contributed by atoms with Crippen molar-refractivity contribution in [2.45, 2.75) is 90.9 Å². The van der Waals surface area contributed by atoms with Crippen molar-refractivity contribution < 1.29 is 19.8 Å². The van der Waals surface area contributed by atoms with Gasteiger partial charge >= 0.3 is 11.9 Å². The molecule has 24 heavy (non-hydrogen) atoms. The van der Waals surface area contributed by atoms with Gasteiger partial charge in [-0.15, -0.1) is 0 Å². The zero-order chi connectivity index (χ0) is 18.5. The summed E-state index contributed by atoms with van der Waals surface area (Å²) in [6.45, 7) is 4.31. The van der Waals surface area contributed by atoms with Gasteiger partial charge in [0.05, 0.1) is 0 Å². The zero-order valence-electron chi connectivity index (χ0n) is 15.5. The van der Waals surface area contributed by atoms with Gasteiger partial charge in [-0.2, -0.15) is 0 Å². The monoisotopic (exact) mass is 340 g/mol. The lowest BCUT2D eigenvalue weighted by molar-refractivity contribution is -0.138. The topological polar surface area (TPSA) is 74.6 Å².